The van der Waals surface area contributed by atoms with Crippen LogP contribution in [0.25, 0.3) is 0 Å². The molecule has 498 valence electrons. The Morgan fingerprint density at radius 3 is 1.36 bits per heavy atom. The van der Waals surface area contributed by atoms with Crippen LogP contribution in [0.5, 0.6) is 0 Å². The Morgan fingerprint density at radius 2 is 0.953 bits per heavy atom. The van der Waals surface area contributed by atoms with Gasteiger partial charge in [-0.3, -0.25) is 38.4 Å². The quantitative estimate of drug-likeness (QED) is 0.0206. The summed E-state index contributed by atoms with van der Waals surface area (Å²) in [7, 11) is 0. The van der Waals surface area contributed by atoms with Gasteiger partial charge in [0.1, 0.15) is 66.9 Å². The molecule has 30 heteroatoms. The van der Waals surface area contributed by atoms with Gasteiger partial charge in [0.25, 0.3) is 0 Å². The average Bonchev–Trinajstić information content (AvgIpc) is 1.74. The second-order valence-corrected chi connectivity index (χ2v) is 21.8. The summed E-state index contributed by atoms with van der Waals surface area (Å²) < 4.78 is 34.0. The predicted molar refractivity (Wildman–Crippen MR) is 304 cm³/mol. The second kappa shape index (κ2) is 43.9. The van der Waals surface area contributed by atoms with Crippen LogP contribution < -0.4 is 37.2 Å². The second-order valence-electron chi connectivity index (χ2n) is 21.8. The van der Waals surface area contributed by atoms with E-state index >= 15 is 0 Å². The first kappa shape index (κ1) is 77.5. The summed E-state index contributed by atoms with van der Waals surface area (Å²) in [5.41, 5.74) is 0. The number of ether oxygens (including phenoxy) is 6. The molecule has 30 nitrogen and oxygen atoms in total. The highest BCUT2D eigenvalue weighted by atomic mass is 16.7. The molecule has 2 fully saturated rings. The number of carbonyl (C=O) groups excluding carboxylic acids is 8. The van der Waals surface area contributed by atoms with Gasteiger partial charge in [0.2, 0.25) is 41.4 Å². The molecule has 86 heavy (non-hydrogen) atoms. The highest BCUT2D eigenvalue weighted by molar-refractivity contribution is 5.92. The minimum Gasteiger partial charge on any atom is -0.394 e. The van der Waals surface area contributed by atoms with E-state index in [1.807, 2.05) is 0 Å². The number of Topliss-reactive ketones (excluding diaryl/α,β-unsaturated/α-hetero) is 1. The highest BCUT2D eigenvalue weighted by Crippen LogP contribution is 2.24. The SMILES string of the molecule is CC(=O)NC1C(OCCCCCC(=O)NCCCCC(NC(=O)C(CCCCNC(=O)CCCCCOC(OC(CO)[C@@H](C)O)[C@H](CO)NC(C)=O)NC(=O)CCCCCOC2OC(CO)C(O)C(O)[C@@H]2NC(C)=O)C(C)=O)OC(CO)C(O)C1O. The molecular formula is C56H101N7O23. The van der Waals surface area contributed by atoms with Crippen molar-refractivity contribution in [2.45, 2.75) is 248 Å². The standard InChI is InChI=1S/C56H101N7O23/c1-33(68)38(19-12-14-24-57-44(73)22-10-7-17-27-82-55-47(60-36(4)71)51(78)49(76)42(31-66)85-55)63-53(80)39(62-46(75)23-11-8-18-28-83-56-48(61-37(5)72)52(79)50(77)43(32-67)86-56)20-13-15-25-58-45(74)21-9-6-16-26-81-54(40(29-64)59-35(3)70)84-41(30-65)34(2)69/h34,38-43,47-52,54-56,64-67,69,76-79H,6-32H2,1-5H3,(H,57,73)(H,58,74)(H,59,70)(H,60,71)(H,61,72)(H,62,75)(H,63,80)/t34-,38?,39?,40+,41?,42?,43?,47?,48+,49?,50?,51?,52?,54?,55?,56?/m1/s1. The Morgan fingerprint density at radius 1 is 0.500 bits per heavy atom. The number of nitrogens with one attached hydrogen (secondary N) is 7. The minimum absolute atomic E-state index is 0.0258. The zero-order chi connectivity index (χ0) is 64.1. The van der Waals surface area contributed by atoms with Crippen LogP contribution in [0.1, 0.15) is 150 Å². The molecule has 2 saturated heterocycles. The molecule has 2 aliphatic rings. The first-order valence-corrected chi connectivity index (χ1v) is 30.1. The van der Waals surface area contributed by atoms with Gasteiger partial charge in [0.15, 0.2) is 24.7 Å². The molecule has 0 aromatic carbocycles. The van der Waals surface area contributed by atoms with Gasteiger partial charge in [-0.05, 0) is 90.9 Å². The molecule has 16 N–H and O–H groups in total. The molecule has 2 aliphatic heterocycles. The fraction of sp³-hybridized carbons (Fsp3) is 0.857. The van der Waals surface area contributed by atoms with E-state index in [-0.39, 0.29) is 76.1 Å². The van der Waals surface area contributed by atoms with Gasteiger partial charge in [-0.2, -0.15) is 0 Å². The molecular weight excluding hydrogens is 1140 g/mol. The van der Waals surface area contributed by atoms with Crippen molar-refractivity contribution >= 4 is 47.1 Å². The van der Waals surface area contributed by atoms with Crippen molar-refractivity contribution in [3.63, 3.8) is 0 Å². The first-order valence-electron chi connectivity index (χ1n) is 30.1. The molecule has 0 bridgehead atoms. The number of rotatable bonds is 46. The summed E-state index contributed by atoms with van der Waals surface area (Å²) in [6.07, 6.45) is -6.43. The number of hydrogen-bond acceptors (Lipinski definition) is 23. The van der Waals surface area contributed by atoms with E-state index in [0.717, 1.165) is 0 Å². The van der Waals surface area contributed by atoms with E-state index in [2.05, 4.69) is 37.2 Å². The van der Waals surface area contributed by atoms with Crippen molar-refractivity contribution in [2.24, 2.45) is 0 Å². The zero-order valence-electron chi connectivity index (χ0n) is 50.6. The minimum atomic E-state index is -1.47. The number of aliphatic hydroxyl groups excluding tert-OH is 9. The van der Waals surface area contributed by atoms with Crippen molar-refractivity contribution in [3.8, 4) is 0 Å². The number of unbranched alkanes of at least 4 members (excludes halogenated alkanes) is 8. The lowest BCUT2D eigenvalue weighted by molar-refractivity contribution is -0.270. The number of aliphatic hydroxyl groups is 9. The van der Waals surface area contributed by atoms with Crippen molar-refractivity contribution in [3.05, 3.63) is 0 Å². The van der Waals surface area contributed by atoms with Crippen molar-refractivity contribution in [1.82, 2.24) is 37.2 Å². The maximum absolute atomic E-state index is 13.8. The molecule has 0 aromatic heterocycles. The van der Waals surface area contributed by atoms with Crippen LogP contribution in [0.15, 0.2) is 0 Å². The molecule has 7 amide bonds. The molecule has 0 radical (unpaired) electrons. The third-order valence-corrected chi connectivity index (χ3v) is 14.4. The molecule has 0 saturated carbocycles. The molecule has 16 atom stereocenters. The van der Waals surface area contributed by atoms with Gasteiger partial charge < -0.3 is 112 Å². The summed E-state index contributed by atoms with van der Waals surface area (Å²) in [5, 5.41) is 109. The van der Waals surface area contributed by atoms with Crippen molar-refractivity contribution in [2.75, 3.05) is 59.3 Å². The lowest BCUT2D eigenvalue weighted by Gasteiger charge is -2.42. The molecule has 0 aliphatic carbocycles. The van der Waals surface area contributed by atoms with Crippen LogP contribution in [0, 0.1) is 0 Å². The average molecular weight is 1240 g/mol. The lowest BCUT2D eigenvalue weighted by atomic mass is 9.97. The summed E-state index contributed by atoms with van der Waals surface area (Å²) in [6, 6.07) is -5.05. The van der Waals surface area contributed by atoms with Crippen LogP contribution in [0.4, 0.5) is 0 Å². The zero-order valence-corrected chi connectivity index (χ0v) is 50.6. The Bertz CT molecular complexity index is 2000. The maximum atomic E-state index is 13.8. The largest absolute Gasteiger partial charge is 0.394 e. The molecule has 0 spiro atoms. The monoisotopic (exact) mass is 1240 g/mol. The van der Waals surface area contributed by atoms with Crippen LogP contribution >= 0.6 is 0 Å². The Kier molecular flexibility index (Phi) is 39.5. The number of amides is 7. The predicted octanol–water partition coefficient (Wildman–Crippen LogP) is -3.68. The summed E-state index contributed by atoms with van der Waals surface area (Å²) in [5.74, 6) is -3.13. The fourth-order valence-electron chi connectivity index (χ4n) is 9.47. The Hall–Kier alpha value is -4.64. The van der Waals surface area contributed by atoms with Crippen LogP contribution in [-0.2, 0) is 66.8 Å². The van der Waals surface area contributed by atoms with Gasteiger partial charge in [0.05, 0.1) is 38.6 Å². The van der Waals surface area contributed by atoms with Gasteiger partial charge in [0, 0.05) is 72.9 Å². The number of hydrogen-bond donors (Lipinski definition) is 16. The van der Waals surface area contributed by atoms with E-state index in [1.54, 1.807) is 0 Å². The van der Waals surface area contributed by atoms with Gasteiger partial charge in [-0.15, -0.1) is 0 Å². The Balaban J connectivity index is 1.89. The maximum Gasteiger partial charge on any atom is 0.243 e. The van der Waals surface area contributed by atoms with Crippen molar-refractivity contribution in [1.29, 1.82) is 0 Å². The van der Waals surface area contributed by atoms with Gasteiger partial charge in [-0.25, -0.2) is 0 Å². The van der Waals surface area contributed by atoms with Crippen molar-refractivity contribution < 1.29 is 113 Å². The summed E-state index contributed by atoms with van der Waals surface area (Å²) >= 11 is 0. The molecule has 2 heterocycles. The van der Waals surface area contributed by atoms with Crippen LogP contribution in [0.3, 0.4) is 0 Å². The third-order valence-electron chi connectivity index (χ3n) is 14.4. The normalized spacial score (nSPS) is 24.2. The van der Waals surface area contributed by atoms with E-state index in [0.29, 0.717) is 90.0 Å². The number of ketones is 1. The molecule has 2 rings (SSSR count). The van der Waals surface area contributed by atoms with E-state index in [1.165, 1.54) is 34.6 Å². The van der Waals surface area contributed by atoms with Gasteiger partial charge >= 0.3 is 0 Å². The number of carbonyl (C=O) groups is 8. The van der Waals surface area contributed by atoms with E-state index in [4.69, 9.17) is 28.4 Å². The summed E-state index contributed by atoms with van der Waals surface area (Å²) in [6.45, 7) is 5.20. The molecule has 13 unspecified atom stereocenters. The fourth-order valence-corrected chi connectivity index (χ4v) is 9.47. The van der Waals surface area contributed by atoms with Crippen LogP contribution in [0.2, 0.25) is 0 Å². The smallest absolute Gasteiger partial charge is 0.243 e. The Labute approximate surface area is 503 Å². The highest BCUT2D eigenvalue weighted by Gasteiger charge is 2.46. The van der Waals surface area contributed by atoms with Gasteiger partial charge in [-0.1, -0.05) is 19.3 Å². The lowest BCUT2D eigenvalue weighted by Crippen LogP contribution is -2.64. The third kappa shape index (κ3) is 30.5. The first-order chi connectivity index (χ1) is 41.0. The van der Waals surface area contributed by atoms with E-state index < -0.39 is 154 Å². The molecule has 0 aromatic rings. The topological polar surface area (TPSA) is 458 Å². The van der Waals surface area contributed by atoms with E-state index in [9.17, 15) is 84.3 Å². The van der Waals surface area contributed by atoms with Crippen LogP contribution in [-0.4, -0.2) is 250 Å². The summed E-state index contributed by atoms with van der Waals surface area (Å²) in [4.78, 5) is 100.